The van der Waals surface area contributed by atoms with E-state index in [0.717, 1.165) is 16.9 Å². The van der Waals surface area contributed by atoms with Crippen LogP contribution in [0.4, 0.5) is 5.69 Å². The molecule has 1 aromatic carbocycles. The van der Waals surface area contributed by atoms with E-state index in [2.05, 4.69) is 10.3 Å². The van der Waals surface area contributed by atoms with Gasteiger partial charge >= 0.3 is 0 Å². The van der Waals surface area contributed by atoms with Crippen LogP contribution in [0.25, 0.3) is 11.1 Å². The number of rotatable bonds is 5. The fourth-order valence-corrected chi connectivity index (χ4v) is 2.30. The smallest absolute Gasteiger partial charge is 0.268 e. The van der Waals surface area contributed by atoms with Gasteiger partial charge in [-0.3, -0.25) is 4.79 Å². The van der Waals surface area contributed by atoms with Crippen LogP contribution < -0.4 is 15.6 Å². The monoisotopic (exact) mass is 299 g/mol. The quantitative estimate of drug-likeness (QED) is 0.779. The zero-order valence-electron chi connectivity index (χ0n) is 12.4. The molecule has 6 nitrogen and oxygen atoms in total. The van der Waals surface area contributed by atoms with Crippen LogP contribution in [0.2, 0.25) is 0 Å². The number of anilines is 1. The lowest BCUT2D eigenvalue weighted by atomic mass is 9.99. The Morgan fingerprint density at radius 2 is 2.05 bits per heavy atom. The lowest BCUT2D eigenvalue weighted by molar-refractivity contribution is 0.311. The van der Waals surface area contributed by atoms with Gasteiger partial charge in [0.1, 0.15) is 17.4 Å². The molecule has 1 aromatic heterocycles. The van der Waals surface area contributed by atoms with Gasteiger partial charge in [-0.15, -0.1) is 0 Å². The molecule has 0 spiro atoms. The van der Waals surface area contributed by atoms with Gasteiger partial charge in [-0.1, -0.05) is 12.1 Å². The number of aromatic nitrogens is 1. The Balaban J connectivity index is 2.66. The van der Waals surface area contributed by atoms with E-state index in [-0.39, 0.29) is 18.7 Å². The molecule has 22 heavy (non-hydrogen) atoms. The molecule has 1 heterocycles. The fourth-order valence-electron chi connectivity index (χ4n) is 2.30. The molecule has 0 unspecified atom stereocenters. The average molecular weight is 299 g/mol. The molecule has 0 saturated carbocycles. The minimum absolute atomic E-state index is 0.00451. The SMILES string of the molecule is COc1ccc(-c2c(C)[nH]c(=O)c(C#N)c2NCCO)cc1. The summed E-state index contributed by atoms with van der Waals surface area (Å²) < 4.78 is 5.14. The van der Waals surface area contributed by atoms with Gasteiger partial charge in [0.15, 0.2) is 0 Å². The first kappa shape index (κ1) is 15.6. The van der Waals surface area contributed by atoms with Crippen molar-refractivity contribution in [3.05, 3.63) is 45.9 Å². The molecule has 2 aromatic rings. The van der Waals surface area contributed by atoms with Crippen LogP contribution in [0.15, 0.2) is 29.1 Å². The number of aliphatic hydroxyl groups excluding tert-OH is 1. The number of methoxy groups -OCH3 is 1. The van der Waals surface area contributed by atoms with Gasteiger partial charge in [0.2, 0.25) is 0 Å². The van der Waals surface area contributed by atoms with Crippen molar-refractivity contribution >= 4 is 5.69 Å². The number of aliphatic hydroxyl groups is 1. The highest BCUT2D eigenvalue weighted by Crippen LogP contribution is 2.32. The Bertz CT molecular complexity index is 758. The number of nitriles is 1. The van der Waals surface area contributed by atoms with Crippen LogP contribution in [0.3, 0.4) is 0 Å². The first-order chi connectivity index (χ1) is 10.6. The first-order valence-corrected chi connectivity index (χ1v) is 6.78. The molecule has 0 radical (unpaired) electrons. The molecule has 0 aliphatic rings. The van der Waals surface area contributed by atoms with E-state index in [1.807, 2.05) is 30.3 Å². The lowest BCUT2D eigenvalue weighted by Crippen LogP contribution is -2.18. The summed E-state index contributed by atoms with van der Waals surface area (Å²) in [5.41, 5.74) is 2.21. The number of pyridine rings is 1. The Hall–Kier alpha value is -2.78. The molecular formula is C16H17N3O3. The van der Waals surface area contributed by atoms with Crippen LogP contribution in [-0.2, 0) is 0 Å². The summed E-state index contributed by atoms with van der Waals surface area (Å²) in [5, 5.41) is 21.2. The van der Waals surface area contributed by atoms with Gasteiger partial charge in [-0.05, 0) is 24.6 Å². The zero-order valence-corrected chi connectivity index (χ0v) is 12.4. The van der Waals surface area contributed by atoms with Crippen molar-refractivity contribution in [2.24, 2.45) is 0 Å². The zero-order chi connectivity index (χ0) is 16.1. The number of hydrogen-bond donors (Lipinski definition) is 3. The van der Waals surface area contributed by atoms with E-state index in [1.54, 1.807) is 14.0 Å². The number of aromatic amines is 1. The standard InChI is InChI=1S/C16H17N3O3/c1-10-14(11-3-5-12(22-2)6-4-11)15(18-7-8-20)13(9-17)16(21)19-10/h3-6,20H,7-8H2,1-2H3,(H2,18,19,21). The second kappa shape index (κ2) is 6.78. The lowest BCUT2D eigenvalue weighted by Gasteiger charge is -2.15. The summed E-state index contributed by atoms with van der Waals surface area (Å²) in [6.07, 6.45) is 0. The Labute approximate surface area is 128 Å². The third kappa shape index (κ3) is 2.95. The summed E-state index contributed by atoms with van der Waals surface area (Å²) in [6.45, 7) is 1.92. The minimum Gasteiger partial charge on any atom is -0.497 e. The van der Waals surface area contributed by atoms with Crippen LogP contribution >= 0.6 is 0 Å². The molecule has 0 saturated heterocycles. The van der Waals surface area contributed by atoms with Crippen molar-refractivity contribution in [3.8, 4) is 22.9 Å². The molecule has 0 amide bonds. The number of ether oxygens (including phenoxy) is 1. The number of hydrogen-bond acceptors (Lipinski definition) is 5. The van der Waals surface area contributed by atoms with Crippen LogP contribution in [0.1, 0.15) is 11.3 Å². The van der Waals surface area contributed by atoms with E-state index < -0.39 is 5.56 Å². The third-order valence-electron chi connectivity index (χ3n) is 3.31. The summed E-state index contributed by atoms with van der Waals surface area (Å²) in [7, 11) is 1.59. The molecule has 0 atom stereocenters. The second-order valence-electron chi connectivity index (χ2n) is 4.69. The number of nitrogens with one attached hydrogen (secondary N) is 2. The molecule has 114 valence electrons. The Morgan fingerprint density at radius 1 is 1.36 bits per heavy atom. The molecule has 6 heteroatoms. The highest BCUT2D eigenvalue weighted by atomic mass is 16.5. The third-order valence-corrected chi connectivity index (χ3v) is 3.31. The Morgan fingerprint density at radius 3 is 2.59 bits per heavy atom. The summed E-state index contributed by atoms with van der Waals surface area (Å²) in [6, 6.07) is 9.24. The molecule has 3 N–H and O–H groups in total. The minimum atomic E-state index is -0.447. The highest BCUT2D eigenvalue weighted by Gasteiger charge is 2.17. The van der Waals surface area contributed by atoms with Crippen molar-refractivity contribution in [3.63, 3.8) is 0 Å². The topological polar surface area (TPSA) is 98.1 Å². The molecule has 0 aliphatic carbocycles. The first-order valence-electron chi connectivity index (χ1n) is 6.78. The van der Waals surface area contributed by atoms with Crippen molar-refractivity contribution in [2.45, 2.75) is 6.92 Å². The van der Waals surface area contributed by atoms with E-state index >= 15 is 0 Å². The average Bonchev–Trinajstić information content (AvgIpc) is 2.53. The predicted molar refractivity (Wildman–Crippen MR) is 84.1 cm³/mol. The van der Waals surface area contributed by atoms with Crippen molar-refractivity contribution in [1.82, 2.24) is 4.98 Å². The number of aryl methyl sites for hydroxylation is 1. The maximum absolute atomic E-state index is 11.9. The van der Waals surface area contributed by atoms with Crippen molar-refractivity contribution in [2.75, 3.05) is 25.6 Å². The number of H-pyrrole nitrogens is 1. The normalized spacial score (nSPS) is 10.1. The summed E-state index contributed by atoms with van der Waals surface area (Å²) >= 11 is 0. The maximum Gasteiger partial charge on any atom is 0.268 e. The second-order valence-corrected chi connectivity index (χ2v) is 4.69. The fraction of sp³-hybridized carbons (Fsp3) is 0.250. The highest BCUT2D eigenvalue weighted by molar-refractivity contribution is 5.83. The molecule has 0 aliphatic heterocycles. The van der Waals surface area contributed by atoms with Gasteiger partial charge in [0, 0.05) is 17.8 Å². The van der Waals surface area contributed by atoms with Gasteiger partial charge in [-0.2, -0.15) is 5.26 Å². The summed E-state index contributed by atoms with van der Waals surface area (Å²) in [4.78, 5) is 14.6. The maximum atomic E-state index is 11.9. The van der Waals surface area contributed by atoms with Gasteiger partial charge in [0.25, 0.3) is 5.56 Å². The predicted octanol–water partition coefficient (Wildman–Crippen LogP) is 1.63. The molecule has 0 bridgehead atoms. The van der Waals surface area contributed by atoms with Gasteiger partial charge < -0.3 is 20.1 Å². The van der Waals surface area contributed by atoms with Crippen LogP contribution in [0, 0.1) is 18.3 Å². The van der Waals surface area contributed by atoms with Crippen LogP contribution in [-0.4, -0.2) is 30.4 Å². The number of benzene rings is 1. The van der Waals surface area contributed by atoms with Crippen LogP contribution in [0.5, 0.6) is 5.75 Å². The molecular weight excluding hydrogens is 282 g/mol. The van der Waals surface area contributed by atoms with E-state index in [4.69, 9.17) is 9.84 Å². The number of nitrogens with zero attached hydrogens (tertiary/aromatic N) is 1. The van der Waals surface area contributed by atoms with E-state index in [0.29, 0.717) is 11.4 Å². The van der Waals surface area contributed by atoms with Crippen molar-refractivity contribution in [1.29, 1.82) is 5.26 Å². The van der Waals surface area contributed by atoms with Gasteiger partial charge in [-0.25, -0.2) is 0 Å². The largest absolute Gasteiger partial charge is 0.497 e. The molecule has 0 fully saturated rings. The summed E-state index contributed by atoms with van der Waals surface area (Å²) in [5.74, 6) is 0.719. The van der Waals surface area contributed by atoms with E-state index in [1.165, 1.54) is 0 Å². The molecule has 2 rings (SSSR count). The van der Waals surface area contributed by atoms with E-state index in [9.17, 15) is 10.1 Å². The van der Waals surface area contributed by atoms with Gasteiger partial charge in [0.05, 0.1) is 19.4 Å². The van der Waals surface area contributed by atoms with Crippen molar-refractivity contribution < 1.29 is 9.84 Å². The Kier molecular flexibility index (Phi) is 4.81.